The van der Waals surface area contributed by atoms with Crippen LogP contribution < -0.4 is 9.47 Å². The van der Waals surface area contributed by atoms with Crippen molar-refractivity contribution in [1.29, 1.82) is 5.26 Å². The quantitative estimate of drug-likeness (QED) is 0.733. The predicted octanol–water partition coefficient (Wildman–Crippen LogP) is 3.14. The third kappa shape index (κ3) is 5.24. The molecule has 2 heterocycles. The predicted molar refractivity (Wildman–Crippen MR) is 107 cm³/mol. The van der Waals surface area contributed by atoms with Gasteiger partial charge in [-0.1, -0.05) is 6.07 Å². The Bertz CT molecular complexity index is 930. The van der Waals surface area contributed by atoms with Crippen LogP contribution in [0.15, 0.2) is 30.3 Å². The lowest BCUT2D eigenvalue weighted by molar-refractivity contribution is -0.147. The molecule has 1 aliphatic heterocycles. The standard InChI is InChI=1S/C22H25N3O4/c1-14(2)29-21-6-4-16(8-17(21)9-23)13-28-20-7-5-19(24-15(20)3)12-25-10-18(11-25)22(26)27/h4-8,14,18H,10-13H2,1-3H3,(H,26,27). The van der Waals surface area contributed by atoms with Crippen LogP contribution in [-0.2, 0) is 17.9 Å². The maximum absolute atomic E-state index is 10.9. The molecular weight excluding hydrogens is 370 g/mol. The number of rotatable bonds is 8. The monoisotopic (exact) mass is 395 g/mol. The first-order chi connectivity index (χ1) is 13.9. The largest absolute Gasteiger partial charge is 0.490 e. The third-order valence-corrected chi connectivity index (χ3v) is 4.71. The minimum Gasteiger partial charge on any atom is -0.490 e. The van der Waals surface area contributed by atoms with E-state index in [2.05, 4.69) is 16.0 Å². The van der Waals surface area contributed by atoms with E-state index in [9.17, 15) is 10.1 Å². The highest BCUT2D eigenvalue weighted by Gasteiger charge is 2.32. The van der Waals surface area contributed by atoms with E-state index in [1.807, 2.05) is 39.0 Å². The normalized spacial score (nSPS) is 14.3. The van der Waals surface area contributed by atoms with Crippen molar-refractivity contribution in [1.82, 2.24) is 9.88 Å². The van der Waals surface area contributed by atoms with Gasteiger partial charge in [0.2, 0.25) is 0 Å². The van der Waals surface area contributed by atoms with Gasteiger partial charge in [-0.25, -0.2) is 0 Å². The molecule has 0 saturated carbocycles. The average Bonchev–Trinajstić information content (AvgIpc) is 2.63. The number of aromatic nitrogens is 1. The van der Waals surface area contributed by atoms with Gasteiger partial charge >= 0.3 is 5.97 Å². The number of likely N-dealkylation sites (tertiary alicyclic amines) is 1. The van der Waals surface area contributed by atoms with E-state index in [0.717, 1.165) is 17.0 Å². The van der Waals surface area contributed by atoms with Gasteiger partial charge in [0.05, 0.1) is 29.0 Å². The maximum Gasteiger partial charge on any atom is 0.309 e. The lowest BCUT2D eigenvalue weighted by Gasteiger charge is -2.36. The molecule has 3 rings (SSSR count). The summed E-state index contributed by atoms with van der Waals surface area (Å²) in [5.41, 5.74) is 3.03. The summed E-state index contributed by atoms with van der Waals surface area (Å²) in [5.74, 6) is 0.248. The molecule has 152 valence electrons. The van der Waals surface area contributed by atoms with Crippen LogP contribution in [0, 0.1) is 24.2 Å². The average molecular weight is 395 g/mol. The summed E-state index contributed by atoms with van der Waals surface area (Å²) in [6, 6.07) is 11.4. The molecule has 1 aromatic carbocycles. The molecule has 2 aromatic rings. The molecule has 1 saturated heterocycles. The number of hydrogen-bond donors (Lipinski definition) is 1. The van der Waals surface area contributed by atoms with Gasteiger partial charge in [0.1, 0.15) is 24.2 Å². The molecular formula is C22H25N3O4. The summed E-state index contributed by atoms with van der Waals surface area (Å²) >= 11 is 0. The zero-order chi connectivity index (χ0) is 21.0. The molecule has 0 radical (unpaired) electrons. The van der Waals surface area contributed by atoms with E-state index < -0.39 is 5.97 Å². The van der Waals surface area contributed by atoms with Crippen molar-refractivity contribution in [2.75, 3.05) is 13.1 Å². The molecule has 7 nitrogen and oxygen atoms in total. The Morgan fingerprint density at radius 2 is 2.03 bits per heavy atom. The minimum absolute atomic E-state index is 0.00251. The number of benzene rings is 1. The lowest BCUT2D eigenvalue weighted by atomic mass is 10.0. The van der Waals surface area contributed by atoms with Crippen LogP contribution in [0.3, 0.4) is 0 Å². The highest BCUT2D eigenvalue weighted by Crippen LogP contribution is 2.24. The van der Waals surface area contributed by atoms with Crippen molar-refractivity contribution < 1.29 is 19.4 Å². The first-order valence-corrected chi connectivity index (χ1v) is 9.60. The molecule has 0 unspecified atom stereocenters. The topological polar surface area (TPSA) is 95.7 Å². The fourth-order valence-corrected chi connectivity index (χ4v) is 3.20. The van der Waals surface area contributed by atoms with Crippen LogP contribution in [0.5, 0.6) is 11.5 Å². The maximum atomic E-state index is 10.9. The summed E-state index contributed by atoms with van der Waals surface area (Å²) < 4.78 is 11.5. The number of hydrogen-bond acceptors (Lipinski definition) is 6. The summed E-state index contributed by atoms with van der Waals surface area (Å²) in [7, 11) is 0. The first-order valence-electron chi connectivity index (χ1n) is 9.60. The van der Waals surface area contributed by atoms with Gasteiger partial charge in [0.15, 0.2) is 0 Å². The number of carboxylic acid groups (broad SMARTS) is 1. The van der Waals surface area contributed by atoms with Crippen molar-refractivity contribution in [2.24, 2.45) is 5.92 Å². The Labute approximate surface area is 170 Å². The minimum atomic E-state index is -0.738. The first kappa shape index (κ1) is 20.6. The highest BCUT2D eigenvalue weighted by molar-refractivity contribution is 5.71. The smallest absolute Gasteiger partial charge is 0.309 e. The number of ether oxygens (including phenoxy) is 2. The second-order valence-electron chi connectivity index (χ2n) is 7.51. The van der Waals surface area contributed by atoms with E-state index >= 15 is 0 Å². The van der Waals surface area contributed by atoms with Crippen LogP contribution in [-0.4, -0.2) is 40.2 Å². The second kappa shape index (κ2) is 8.93. The second-order valence-corrected chi connectivity index (χ2v) is 7.51. The number of pyridine rings is 1. The summed E-state index contributed by atoms with van der Waals surface area (Å²) in [6.07, 6.45) is 0.00251. The molecule has 1 aromatic heterocycles. The molecule has 0 aliphatic carbocycles. The van der Waals surface area contributed by atoms with Gasteiger partial charge in [-0.05, 0) is 50.6 Å². The zero-order valence-electron chi connectivity index (χ0n) is 16.9. The molecule has 1 fully saturated rings. The molecule has 1 N–H and O–H groups in total. The van der Waals surface area contributed by atoms with Gasteiger partial charge in [-0.15, -0.1) is 0 Å². The Morgan fingerprint density at radius 1 is 1.31 bits per heavy atom. The van der Waals surface area contributed by atoms with Crippen molar-refractivity contribution >= 4 is 5.97 Å². The zero-order valence-corrected chi connectivity index (χ0v) is 16.9. The van der Waals surface area contributed by atoms with Crippen LogP contribution in [0.2, 0.25) is 0 Å². The molecule has 0 spiro atoms. The van der Waals surface area contributed by atoms with Crippen LogP contribution in [0.4, 0.5) is 0 Å². The van der Waals surface area contributed by atoms with Gasteiger partial charge in [-0.3, -0.25) is 14.7 Å². The third-order valence-electron chi connectivity index (χ3n) is 4.71. The van der Waals surface area contributed by atoms with Crippen LogP contribution in [0.1, 0.15) is 36.4 Å². The van der Waals surface area contributed by atoms with Gasteiger partial charge in [-0.2, -0.15) is 5.26 Å². The number of aliphatic carboxylic acids is 1. The Hall–Kier alpha value is -3.11. The summed E-state index contributed by atoms with van der Waals surface area (Å²) in [4.78, 5) is 17.5. The van der Waals surface area contributed by atoms with Crippen molar-refractivity contribution in [3.8, 4) is 17.6 Å². The van der Waals surface area contributed by atoms with Gasteiger partial charge in [0, 0.05) is 19.6 Å². The molecule has 0 atom stereocenters. The van der Waals surface area contributed by atoms with Gasteiger partial charge < -0.3 is 14.6 Å². The van der Waals surface area contributed by atoms with Crippen LogP contribution >= 0.6 is 0 Å². The van der Waals surface area contributed by atoms with E-state index in [-0.39, 0.29) is 12.0 Å². The Balaban J connectivity index is 1.58. The van der Waals surface area contributed by atoms with E-state index in [1.54, 1.807) is 12.1 Å². The summed E-state index contributed by atoms with van der Waals surface area (Å²) in [6.45, 7) is 7.81. The number of aryl methyl sites for hydroxylation is 1. The van der Waals surface area contributed by atoms with Crippen molar-refractivity contribution in [2.45, 2.75) is 40.0 Å². The molecule has 29 heavy (non-hydrogen) atoms. The number of nitrogens with zero attached hydrogens (tertiary/aromatic N) is 3. The molecule has 0 amide bonds. The fraction of sp³-hybridized carbons (Fsp3) is 0.409. The van der Waals surface area contributed by atoms with Crippen LogP contribution in [0.25, 0.3) is 0 Å². The molecule has 7 heteroatoms. The number of nitriles is 1. The fourth-order valence-electron chi connectivity index (χ4n) is 3.20. The SMILES string of the molecule is Cc1nc(CN2CC(C(=O)O)C2)ccc1OCc1ccc(OC(C)C)c(C#N)c1. The van der Waals surface area contributed by atoms with E-state index in [4.69, 9.17) is 14.6 Å². The van der Waals surface area contributed by atoms with E-state index in [1.165, 1.54) is 0 Å². The summed E-state index contributed by atoms with van der Waals surface area (Å²) in [5, 5.41) is 18.3. The number of carboxylic acids is 1. The lowest BCUT2D eigenvalue weighted by Crippen LogP contribution is -2.49. The van der Waals surface area contributed by atoms with E-state index in [0.29, 0.717) is 43.3 Å². The van der Waals surface area contributed by atoms with Gasteiger partial charge in [0.25, 0.3) is 0 Å². The Morgan fingerprint density at radius 3 is 2.66 bits per heavy atom. The van der Waals surface area contributed by atoms with Crippen molar-refractivity contribution in [3.63, 3.8) is 0 Å². The Kier molecular flexibility index (Phi) is 6.35. The number of carbonyl (C=O) groups is 1. The molecule has 0 bridgehead atoms. The van der Waals surface area contributed by atoms with Crippen molar-refractivity contribution in [3.05, 3.63) is 52.8 Å². The molecule has 1 aliphatic rings. The highest BCUT2D eigenvalue weighted by atomic mass is 16.5.